The number of benzene rings is 2. The van der Waals surface area contributed by atoms with Crippen LogP contribution >= 0.6 is 11.6 Å². The highest BCUT2D eigenvalue weighted by atomic mass is 35.5. The number of nitrogens with one attached hydrogen (secondary N) is 1. The van der Waals surface area contributed by atoms with Crippen molar-refractivity contribution in [1.82, 2.24) is 5.32 Å². The van der Waals surface area contributed by atoms with Gasteiger partial charge in [-0.15, -0.1) is 0 Å². The van der Waals surface area contributed by atoms with Crippen molar-refractivity contribution < 1.29 is 14.3 Å². The first kappa shape index (κ1) is 18.1. The third kappa shape index (κ3) is 5.44. The number of hydrogen-bond acceptors (Lipinski definition) is 4. The Kier molecular flexibility index (Phi) is 6.90. The summed E-state index contributed by atoms with van der Waals surface area (Å²) >= 11 is 6.22. The number of rotatable bonds is 9. The molecule has 24 heavy (non-hydrogen) atoms. The van der Waals surface area contributed by atoms with E-state index in [9.17, 15) is 4.79 Å². The third-order valence-electron chi connectivity index (χ3n) is 3.41. The molecular weight excluding hydrogens is 328 g/mol. The molecule has 0 aliphatic heterocycles. The van der Waals surface area contributed by atoms with Crippen LogP contribution in [0.25, 0.3) is 0 Å². The Bertz CT molecular complexity index is 677. The first-order chi connectivity index (χ1) is 11.6. The molecule has 6 heteroatoms. The Morgan fingerprint density at radius 1 is 1.21 bits per heavy atom. The monoisotopic (exact) mass is 348 g/mol. The minimum atomic E-state index is -0.570. The van der Waals surface area contributed by atoms with Crippen LogP contribution in [0, 0.1) is 0 Å². The minimum absolute atomic E-state index is 0.245. The van der Waals surface area contributed by atoms with Crippen LogP contribution in [0.5, 0.6) is 11.5 Å². The number of amides is 1. The van der Waals surface area contributed by atoms with E-state index >= 15 is 0 Å². The van der Waals surface area contributed by atoms with Crippen molar-refractivity contribution >= 4 is 17.5 Å². The van der Waals surface area contributed by atoms with E-state index in [1.54, 1.807) is 6.07 Å². The van der Waals surface area contributed by atoms with Crippen molar-refractivity contribution in [2.45, 2.75) is 13.0 Å². The second kappa shape index (κ2) is 9.15. The average molecular weight is 349 g/mol. The maximum absolute atomic E-state index is 10.8. The van der Waals surface area contributed by atoms with E-state index in [4.69, 9.17) is 26.8 Å². The van der Waals surface area contributed by atoms with Gasteiger partial charge in [0.15, 0.2) is 18.1 Å². The molecule has 0 saturated heterocycles. The lowest BCUT2D eigenvalue weighted by Crippen LogP contribution is -2.20. The fourth-order valence-electron chi connectivity index (χ4n) is 2.27. The van der Waals surface area contributed by atoms with Crippen molar-refractivity contribution in [3.63, 3.8) is 0 Å². The van der Waals surface area contributed by atoms with Crippen molar-refractivity contribution in [3.8, 4) is 11.5 Å². The predicted octanol–water partition coefficient (Wildman–Crippen LogP) is 2.54. The molecule has 2 rings (SSSR count). The number of methoxy groups -OCH3 is 1. The number of primary amides is 1. The molecule has 0 fully saturated rings. The van der Waals surface area contributed by atoms with Crippen LogP contribution in [-0.4, -0.2) is 26.2 Å². The van der Waals surface area contributed by atoms with Crippen LogP contribution < -0.4 is 20.5 Å². The molecule has 5 nitrogen and oxygen atoms in total. The normalized spacial score (nSPS) is 10.4. The molecule has 0 radical (unpaired) electrons. The summed E-state index contributed by atoms with van der Waals surface area (Å²) in [6.07, 6.45) is 0.950. The Morgan fingerprint density at radius 2 is 1.96 bits per heavy atom. The molecule has 0 aliphatic rings. The number of ether oxygens (including phenoxy) is 2. The zero-order valence-corrected chi connectivity index (χ0v) is 14.3. The molecule has 1 amide bonds. The van der Waals surface area contributed by atoms with Crippen molar-refractivity contribution in [2.24, 2.45) is 5.73 Å². The molecule has 0 unspecified atom stereocenters. The summed E-state index contributed by atoms with van der Waals surface area (Å²) in [5, 5.41) is 3.75. The number of carbonyl (C=O) groups is 1. The van der Waals surface area contributed by atoms with Gasteiger partial charge in [0.25, 0.3) is 5.91 Å². The standard InChI is InChI=1S/C18H21ClN2O3/c1-23-16-10-14(9-15(19)18(16)24-12-17(20)22)11-21-8-7-13-5-3-2-4-6-13/h2-6,9-10,21H,7-8,11-12H2,1H3,(H2,20,22). The predicted molar refractivity (Wildman–Crippen MR) is 94.5 cm³/mol. The number of nitrogens with two attached hydrogens (primary N) is 1. The first-order valence-corrected chi connectivity index (χ1v) is 8.00. The van der Waals surface area contributed by atoms with Gasteiger partial charge in [-0.2, -0.15) is 0 Å². The molecule has 0 atom stereocenters. The van der Waals surface area contributed by atoms with Crippen molar-refractivity contribution in [3.05, 3.63) is 58.6 Å². The van der Waals surface area contributed by atoms with Gasteiger partial charge in [-0.05, 0) is 36.2 Å². The molecule has 0 aliphatic carbocycles. The van der Waals surface area contributed by atoms with Crippen molar-refractivity contribution in [2.75, 3.05) is 20.3 Å². The average Bonchev–Trinajstić information content (AvgIpc) is 2.58. The minimum Gasteiger partial charge on any atom is -0.493 e. The summed E-state index contributed by atoms with van der Waals surface area (Å²) < 4.78 is 10.6. The molecule has 0 heterocycles. The van der Waals surface area contributed by atoms with Crippen LogP contribution in [-0.2, 0) is 17.8 Å². The maximum atomic E-state index is 10.8. The summed E-state index contributed by atoms with van der Waals surface area (Å²) in [6.45, 7) is 1.26. The number of hydrogen-bond donors (Lipinski definition) is 2. The van der Waals surface area contributed by atoms with E-state index in [-0.39, 0.29) is 6.61 Å². The van der Waals surface area contributed by atoms with Crippen LogP contribution in [0.3, 0.4) is 0 Å². The zero-order valence-electron chi connectivity index (χ0n) is 13.5. The molecule has 0 bridgehead atoms. The van der Waals surface area contributed by atoms with Gasteiger partial charge in [-0.1, -0.05) is 41.9 Å². The van der Waals surface area contributed by atoms with Gasteiger partial charge < -0.3 is 20.5 Å². The fraction of sp³-hybridized carbons (Fsp3) is 0.278. The molecule has 2 aromatic carbocycles. The topological polar surface area (TPSA) is 73.6 Å². The summed E-state index contributed by atoms with van der Waals surface area (Å²) in [4.78, 5) is 10.8. The second-order valence-corrected chi connectivity index (χ2v) is 5.68. The van der Waals surface area contributed by atoms with Gasteiger partial charge in [0, 0.05) is 6.54 Å². The molecular formula is C18H21ClN2O3. The Labute approximate surface area is 146 Å². The van der Waals surface area contributed by atoms with E-state index < -0.39 is 5.91 Å². The van der Waals surface area contributed by atoms with Crippen LogP contribution in [0.4, 0.5) is 0 Å². The Morgan fingerprint density at radius 3 is 2.62 bits per heavy atom. The van der Waals surface area contributed by atoms with Gasteiger partial charge in [-0.3, -0.25) is 4.79 Å². The van der Waals surface area contributed by atoms with E-state index in [0.717, 1.165) is 18.5 Å². The quantitative estimate of drug-likeness (QED) is 0.683. The summed E-state index contributed by atoms with van der Waals surface area (Å²) in [5.41, 5.74) is 7.34. The highest BCUT2D eigenvalue weighted by Gasteiger charge is 2.13. The molecule has 0 aromatic heterocycles. The van der Waals surface area contributed by atoms with Gasteiger partial charge in [0.05, 0.1) is 12.1 Å². The van der Waals surface area contributed by atoms with E-state index in [1.807, 2.05) is 24.3 Å². The van der Waals surface area contributed by atoms with Gasteiger partial charge in [0.1, 0.15) is 0 Å². The third-order valence-corrected chi connectivity index (χ3v) is 3.69. The molecule has 3 N–H and O–H groups in total. The van der Waals surface area contributed by atoms with Crippen LogP contribution in [0.1, 0.15) is 11.1 Å². The lowest BCUT2D eigenvalue weighted by molar-refractivity contribution is -0.119. The first-order valence-electron chi connectivity index (χ1n) is 7.62. The van der Waals surface area contributed by atoms with E-state index in [0.29, 0.717) is 23.1 Å². The van der Waals surface area contributed by atoms with Crippen LogP contribution in [0.2, 0.25) is 5.02 Å². The summed E-state index contributed by atoms with van der Waals surface area (Å²) in [5.74, 6) is 0.231. The van der Waals surface area contributed by atoms with E-state index in [1.165, 1.54) is 12.7 Å². The smallest absolute Gasteiger partial charge is 0.255 e. The van der Waals surface area contributed by atoms with Gasteiger partial charge in [0.2, 0.25) is 0 Å². The second-order valence-electron chi connectivity index (χ2n) is 5.28. The number of halogens is 1. The largest absolute Gasteiger partial charge is 0.493 e. The summed E-state index contributed by atoms with van der Waals surface area (Å²) in [6, 6.07) is 13.9. The zero-order chi connectivity index (χ0) is 17.4. The van der Waals surface area contributed by atoms with E-state index in [2.05, 4.69) is 17.4 Å². The molecule has 0 spiro atoms. The number of carbonyl (C=O) groups excluding carboxylic acids is 1. The lowest BCUT2D eigenvalue weighted by atomic mass is 10.1. The Hall–Kier alpha value is -2.24. The fourth-order valence-corrected chi connectivity index (χ4v) is 2.56. The highest BCUT2D eigenvalue weighted by molar-refractivity contribution is 6.32. The van der Waals surface area contributed by atoms with Gasteiger partial charge in [-0.25, -0.2) is 0 Å². The maximum Gasteiger partial charge on any atom is 0.255 e. The van der Waals surface area contributed by atoms with Gasteiger partial charge >= 0.3 is 0 Å². The molecule has 0 saturated carbocycles. The lowest BCUT2D eigenvalue weighted by Gasteiger charge is -2.14. The Balaban J connectivity index is 1.93. The SMILES string of the molecule is COc1cc(CNCCc2ccccc2)cc(Cl)c1OCC(N)=O. The van der Waals surface area contributed by atoms with Crippen LogP contribution in [0.15, 0.2) is 42.5 Å². The summed E-state index contributed by atoms with van der Waals surface area (Å²) in [7, 11) is 1.52. The molecule has 128 valence electrons. The van der Waals surface area contributed by atoms with Crippen molar-refractivity contribution in [1.29, 1.82) is 0 Å². The molecule has 2 aromatic rings. The highest BCUT2D eigenvalue weighted by Crippen LogP contribution is 2.36.